The molecule has 1 fully saturated rings. The zero-order chi connectivity index (χ0) is 13.1. The Bertz CT molecular complexity index is 432. The minimum atomic E-state index is 0.0557. The molecule has 0 aromatic heterocycles. The number of para-hydroxylation sites is 1. The molecule has 1 saturated carbocycles. The molecule has 1 heterocycles. The van der Waals surface area contributed by atoms with E-state index in [1.54, 1.807) is 0 Å². The van der Waals surface area contributed by atoms with Crippen LogP contribution in [0.15, 0.2) is 24.3 Å². The highest BCUT2D eigenvalue weighted by Crippen LogP contribution is 2.28. The van der Waals surface area contributed by atoms with Crippen molar-refractivity contribution in [2.45, 2.75) is 25.4 Å². The van der Waals surface area contributed by atoms with Gasteiger partial charge in [-0.3, -0.25) is 4.79 Å². The lowest BCUT2D eigenvalue weighted by Gasteiger charge is -2.12. The maximum Gasteiger partial charge on any atom is 0.234 e. The molecule has 1 atom stereocenters. The lowest BCUT2D eigenvalue weighted by molar-refractivity contribution is -0.120. The summed E-state index contributed by atoms with van der Waals surface area (Å²) in [6, 6.07) is 8.05. The molecule has 4 heteroatoms. The fourth-order valence-electron chi connectivity index (χ4n) is 2.37. The maximum atomic E-state index is 11.6. The molecule has 1 aromatic carbocycles. The zero-order valence-electron chi connectivity index (χ0n) is 11.0. The second kappa shape index (κ2) is 5.61. The quantitative estimate of drug-likeness (QED) is 0.805. The van der Waals surface area contributed by atoms with E-state index in [1.807, 2.05) is 18.2 Å². The highest BCUT2D eigenvalue weighted by molar-refractivity contribution is 5.78. The molecule has 2 aliphatic rings. The Morgan fingerprint density at radius 2 is 2.11 bits per heavy atom. The van der Waals surface area contributed by atoms with E-state index in [-0.39, 0.29) is 12.0 Å². The molecule has 102 valence electrons. The number of rotatable bonds is 6. The number of hydrogen-bond acceptors (Lipinski definition) is 3. The van der Waals surface area contributed by atoms with E-state index in [4.69, 9.17) is 4.74 Å². The van der Waals surface area contributed by atoms with Crippen molar-refractivity contribution in [2.24, 2.45) is 5.92 Å². The smallest absolute Gasteiger partial charge is 0.234 e. The van der Waals surface area contributed by atoms with Crippen LogP contribution in [-0.4, -0.2) is 31.6 Å². The molecule has 1 amide bonds. The Balaban J connectivity index is 1.35. The molecule has 4 nitrogen and oxygen atoms in total. The van der Waals surface area contributed by atoms with E-state index in [0.29, 0.717) is 13.1 Å². The topological polar surface area (TPSA) is 50.4 Å². The third-order valence-electron chi connectivity index (χ3n) is 3.66. The van der Waals surface area contributed by atoms with Crippen LogP contribution >= 0.6 is 0 Å². The lowest BCUT2D eigenvalue weighted by Crippen LogP contribution is -2.39. The summed E-state index contributed by atoms with van der Waals surface area (Å²) in [4.78, 5) is 11.6. The molecule has 1 unspecified atom stereocenters. The fraction of sp³-hybridized carbons (Fsp3) is 0.533. The Kier molecular flexibility index (Phi) is 3.69. The summed E-state index contributed by atoms with van der Waals surface area (Å²) in [5.41, 5.74) is 1.23. The highest BCUT2D eigenvalue weighted by Gasteiger charge is 2.23. The van der Waals surface area contributed by atoms with Crippen LogP contribution in [0.3, 0.4) is 0 Å². The van der Waals surface area contributed by atoms with Crippen molar-refractivity contribution in [2.75, 3.05) is 19.6 Å². The highest BCUT2D eigenvalue weighted by atomic mass is 16.5. The first kappa shape index (κ1) is 12.5. The van der Waals surface area contributed by atoms with Gasteiger partial charge in [0.25, 0.3) is 0 Å². The van der Waals surface area contributed by atoms with Crippen LogP contribution in [0.1, 0.15) is 18.4 Å². The number of hydrogen-bond donors (Lipinski definition) is 2. The van der Waals surface area contributed by atoms with Gasteiger partial charge in [-0.25, -0.2) is 0 Å². The number of amides is 1. The van der Waals surface area contributed by atoms with Crippen molar-refractivity contribution in [1.29, 1.82) is 0 Å². The molecule has 1 aromatic rings. The molecule has 0 saturated heterocycles. The minimum Gasteiger partial charge on any atom is -0.488 e. The first-order valence-corrected chi connectivity index (χ1v) is 7.03. The van der Waals surface area contributed by atoms with Gasteiger partial charge in [0.1, 0.15) is 11.9 Å². The summed E-state index contributed by atoms with van der Waals surface area (Å²) in [5.74, 6) is 1.81. The van der Waals surface area contributed by atoms with Gasteiger partial charge in [0.2, 0.25) is 5.91 Å². The average Bonchev–Trinajstić information content (AvgIpc) is 3.14. The number of fused-ring (bicyclic) bond motifs is 1. The van der Waals surface area contributed by atoms with E-state index < -0.39 is 0 Å². The first-order chi connectivity index (χ1) is 9.31. The van der Waals surface area contributed by atoms with E-state index in [1.165, 1.54) is 18.4 Å². The van der Waals surface area contributed by atoms with Gasteiger partial charge in [-0.05, 0) is 36.9 Å². The Morgan fingerprint density at radius 1 is 1.26 bits per heavy atom. The maximum absolute atomic E-state index is 11.6. The second-order valence-corrected chi connectivity index (χ2v) is 5.43. The summed E-state index contributed by atoms with van der Waals surface area (Å²) in [6.45, 7) is 1.97. The SMILES string of the molecule is O=C(CNCC1CC1)NCC1Cc2ccccc2O1. The normalized spacial score (nSPS) is 20.7. The standard InChI is InChI=1S/C15H20N2O2/c18-15(10-16-8-11-5-6-11)17-9-13-7-12-3-1-2-4-14(12)19-13/h1-4,11,13,16H,5-10H2,(H,17,18). The third kappa shape index (κ3) is 3.47. The molecular weight excluding hydrogens is 240 g/mol. The van der Waals surface area contributed by atoms with Crippen LogP contribution in [0.2, 0.25) is 0 Å². The van der Waals surface area contributed by atoms with Crippen molar-refractivity contribution < 1.29 is 9.53 Å². The summed E-state index contributed by atoms with van der Waals surface area (Å²) in [5, 5.41) is 6.11. The van der Waals surface area contributed by atoms with Gasteiger partial charge < -0.3 is 15.4 Å². The molecule has 0 spiro atoms. The van der Waals surface area contributed by atoms with Crippen molar-refractivity contribution in [3.63, 3.8) is 0 Å². The Hall–Kier alpha value is -1.55. The molecule has 0 bridgehead atoms. The number of carbonyl (C=O) groups is 1. The van der Waals surface area contributed by atoms with E-state index in [0.717, 1.165) is 24.6 Å². The zero-order valence-corrected chi connectivity index (χ0v) is 11.0. The van der Waals surface area contributed by atoms with Crippen LogP contribution in [0.4, 0.5) is 0 Å². The molecule has 19 heavy (non-hydrogen) atoms. The number of carbonyl (C=O) groups excluding carboxylic acids is 1. The van der Waals surface area contributed by atoms with Crippen molar-refractivity contribution in [3.8, 4) is 5.75 Å². The average molecular weight is 260 g/mol. The lowest BCUT2D eigenvalue weighted by atomic mass is 10.1. The Morgan fingerprint density at radius 3 is 2.89 bits per heavy atom. The molecule has 1 aliphatic carbocycles. The van der Waals surface area contributed by atoms with Gasteiger partial charge in [0.15, 0.2) is 0 Å². The molecular formula is C15H20N2O2. The summed E-state index contributed by atoms with van der Waals surface area (Å²) < 4.78 is 5.77. The van der Waals surface area contributed by atoms with Gasteiger partial charge >= 0.3 is 0 Å². The molecule has 1 aliphatic heterocycles. The minimum absolute atomic E-state index is 0.0557. The Labute approximate surface area is 113 Å². The summed E-state index contributed by atoms with van der Waals surface area (Å²) in [6.07, 6.45) is 3.57. The van der Waals surface area contributed by atoms with Gasteiger partial charge in [-0.15, -0.1) is 0 Å². The largest absolute Gasteiger partial charge is 0.488 e. The van der Waals surface area contributed by atoms with Crippen molar-refractivity contribution >= 4 is 5.91 Å². The van der Waals surface area contributed by atoms with Gasteiger partial charge in [0.05, 0.1) is 13.1 Å². The van der Waals surface area contributed by atoms with Crippen LogP contribution < -0.4 is 15.4 Å². The number of benzene rings is 1. The summed E-state index contributed by atoms with van der Waals surface area (Å²) >= 11 is 0. The molecule has 2 N–H and O–H groups in total. The van der Waals surface area contributed by atoms with Crippen molar-refractivity contribution in [3.05, 3.63) is 29.8 Å². The monoisotopic (exact) mass is 260 g/mol. The van der Waals surface area contributed by atoms with E-state index >= 15 is 0 Å². The third-order valence-corrected chi connectivity index (χ3v) is 3.66. The van der Waals surface area contributed by atoms with E-state index in [2.05, 4.69) is 16.7 Å². The fourth-order valence-corrected chi connectivity index (χ4v) is 2.37. The summed E-state index contributed by atoms with van der Waals surface area (Å²) in [7, 11) is 0. The van der Waals surface area contributed by atoms with Crippen LogP contribution in [0, 0.1) is 5.92 Å². The van der Waals surface area contributed by atoms with Gasteiger partial charge in [-0.2, -0.15) is 0 Å². The van der Waals surface area contributed by atoms with E-state index in [9.17, 15) is 4.79 Å². The predicted octanol–water partition coefficient (Wildman–Crippen LogP) is 1.11. The number of nitrogens with one attached hydrogen (secondary N) is 2. The van der Waals surface area contributed by atoms with Gasteiger partial charge in [-0.1, -0.05) is 18.2 Å². The molecule has 0 radical (unpaired) electrons. The molecule has 3 rings (SSSR count). The van der Waals surface area contributed by atoms with Crippen LogP contribution in [0.25, 0.3) is 0 Å². The van der Waals surface area contributed by atoms with Gasteiger partial charge in [0, 0.05) is 6.42 Å². The number of ether oxygens (including phenoxy) is 1. The van der Waals surface area contributed by atoms with Crippen LogP contribution in [-0.2, 0) is 11.2 Å². The predicted molar refractivity (Wildman–Crippen MR) is 73.2 cm³/mol. The first-order valence-electron chi connectivity index (χ1n) is 7.03. The van der Waals surface area contributed by atoms with Crippen molar-refractivity contribution in [1.82, 2.24) is 10.6 Å². The second-order valence-electron chi connectivity index (χ2n) is 5.43. The van der Waals surface area contributed by atoms with Crippen LogP contribution in [0.5, 0.6) is 5.75 Å².